The van der Waals surface area contributed by atoms with Gasteiger partial charge in [-0.15, -0.1) is 0 Å². The number of Topliss-reactive ketones (excluding diaryl/α,β-unsaturated/α-hetero) is 1. The summed E-state index contributed by atoms with van der Waals surface area (Å²) in [6, 6.07) is 0. The van der Waals surface area contributed by atoms with Gasteiger partial charge >= 0.3 is 0 Å². The van der Waals surface area contributed by atoms with E-state index in [4.69, 9.17) is 0 Å². The van der Waals surface area contributed by atoms with Crippen molar-refractivity contribution in [3.05, 3.63) is 24.3 Å². The molecule has 104 valence electrons. The number of carbonyl (C=O) groups is 1. The Labute approximate surface area is 117 Å². The van der Waals surface area contributed by atoms with Gasteiger partial charge in [-0.1, -0.05) is 32.6 Å². The predicted octanol–water partition coefficient (Wildman–Crippen LogP) is 4.40. The van der Waals surface area contributed by atoms with Crippen molar-refractivity contribution in [3.8, 4) is 0 Å². The summed E-state index contributed by atoms with van der Waals surface area (Å²) in [5, 5.41) is 0. The Kier molecular flexibility index (Phi) is 3.19. The van der Waals surface area contributed by atoms with E-state index in [1.807, 2.05) is 0 Å². The van der Waals surface area contributed by atoms with Crippen molar-refractivity contribution < 1.29 is 4.79 Å². The number of hydrogen-bond acceptors (Lipinski definition) is 1. The van der Waals surface area contributed by atoms with E-state index >= 15 is 0 Å². The summed E-state index contributed by atoms with van der Waals surface area (Å²) in [7, 11) is 0. The van der Waals surface area contributed by atoms with Crippen molar-refractivity contribution in [2.75, 3.05) is 0 Å². The third-order valence-electron chi connectivity index (χ3n) is 6.09. The third-order valence-corrected chi connectivity index (χ3v) is 6.09. The van der Waals surface area contributed by atoms with Crippen LogP contribution >= 0.6 is 0 Å². The molecule has 6 atom stereocenters. The minimum absolute atomic E-state index is 0.189. The SMILES string of the molecule is C=C1C(=O)[C@H](C)C[C@@H]2C[C@H](C)[C@H]3CCCC(=C)[C@@H]3[C@@H]12. The monoisotopic (exact) mass is 258 g/mol. The lowest BCUT2D eigenvalue weighted by atomic mass is 9.51. The normalized spacial score (nSPS) is 46.7. The van der Waals surface area contributed by atoms with Gasteiger partial charge in [-0.3, -0.25) is 4.79 Å². The molecule has 0 unspecified atom stereocenters. The minimum Gasteiger partial charge on any atom is -0.294 e. The van der Waals surface area contributed by atoms with Crippen LogP contribution in [0, 0.1) is 35.5 Å². The summed E-state index contributed by atoms with van der Waals surface area (Å²) in [6.07, 6.45) is 6.14. The van der Waals surface area contributed by atoms with Crippen molar-refractivity contribution in [3.63, 3.8) is 0 Å². The molecule has 0 aromatic carbocycles. The van der Waals surface area contributed by atoms with Gasteiger partial charge in [0.2, 0.25) is 0 Å². The van der Waals surface area contributed by atoms with Crippen molar-refractivity contribution in [1.29, 1.82) is 0 Å². The van der Waals surface area contributed by atoms with Crippen LogP contribution in [-0.4, -0.2) is 5.78 Å². The Morgan fingerprint density at radius 3 is 2.58 bits per heavy atom. The lowest BCUT2D eigenvalue weighted by Crippen LogP contribution is -2.47. The topological polar surface area (TPSA) is 17.1 Å². The first-order valence-corrected chi connectivity index (χ1v) is 7.91. The first kappa shape index (κ1) is 13.1. The van der Waals surface area contributed by atoms with Crippen LogP contribution in [0.15, 0.2) is 24.3 Å². The number of rotatable bonds is 0. The van der Waals surface area contributed by atoms with Gasteiger partial charge in [-0.25, -0.2) is 0 Å². The van der Waals surface area contributed by atoms with Gasteiger partial charge in [-0.05, 0) is 67.3 Å². The maximum Gasteiger partial charge on any atom is 0.161 e. The molecule has 19 heavy (non-hydrogen) atoms. The van der Waals surface area contributed by atoms with Crippen LogP contribution in [0.4, 0.5) is 0 Å². The van der Waals surface area contributed by atoms with Gasteiger partial charge in [-0.2, -0.15) is 0 Å². The van der Waals surface area contributed by atoms with E-state index < -0.39 is 0 Å². The molecule has 3 rings (SSSR count). The van der Waals surface area contributed by atoms with Crippen LogP contribution in [0.3, 0.4) is 0 Å². The summed E-state index contributed by atoms with van der Waals surface area (Å²) in [5.74, 6) is 3.69. The number of carbonyl (C=O) groups excluding carboxylic acids is 1. The largest absolute Gasteiger partial charge is 0.294 e. The van der Waals surface area contributed by atoms with E-state index in [9.17, 15) is 4.79 Å². The highest BCUT2D eigenvalue weighted by Crippen LogP contribution is 2.56. The van der Waals surface area contributed by atoms with Crippen LogP contribution in [0.2, 0.25) is 0 Å². The smallest absolute Gasteiger partial charge is 0.161 e. The second kappa shape index (κ2) is 4.61. The molecule has 3 aliphatic rings. The summed E-state index contributed by atoms with van der Waals surface area (Å²) in [4.78, 5) is 12.3. The van der Waals surface area contributed by atoms with Crippen LogP contribution in [0.25, 0.3) is 0 Å². The highest BCUT2D eigenvalue weighted by molar-refractivity contribution is 5.97. The summed E-state index contributed by atoms with van der Waals surface area (Å²) >= 11 is 0. The summed E-state index contributed by atoms with van der Waals surface area (Å²) in [5.41, 5.74) is 2.33. The molecular weight excluding hydrogens is 232 g/mol. The quantitative estimate of drug-likeness (QED) is 0.465. The van der Waals surface area contributed by atoms with Gasteiger partial charge < -0.3 is 0 Å². The van der Waals surface area contributed by atoms with Crippen molar-refractivity contribution >= 4 is 5.78 Å². The van der Waals surface area contributed by atoms with Crippen molar-refractivity contribution in [2.24, 2.45) is 35.5 Å². The molecule has 0 aromatic heterocycles. The molecule has 1 heteroatoms. The summed E-state index contributed by atoms with van der Waals surface area (Å²) in [6.45, 7) is 13.0. The zero-order valence-corrected chi connectivity index (χ0v) is 12.3. The molecule has 0 bridgehead atoms. The average molecular weight is 258 g/mol. The second-order valence-electron chi connectivity index (χ2n) is 7.27. The van der Waals surface area contributed by atoms with Crippen molar-refractivity contribution in [1.82, 2.24) is 0 Å². The maximum absolute atomic E-state index is 12.3. The third kappa shape index (κ3) is 1.93. The molecular formula is C18H26O. The molecule has 0 aromatic rings. The lowest BCUT2D eigenvalue weighted by Gasteiger charge is -2.52. The van der Waals surface area contributed by atoms with Crippen molar-refractivity contribution in [2.45, 2.75) is 46.0 Å². The van der Waals surface area contributed by atoms with E-state index in [1.165, 1.54) is 24.8 Å². The Hall–Kier alpha value is -0.850. The molecule has 0 saturated heterocycles. The molecule has 3 aliphatic carbocycles. The highest BCUT2D eigenvalue weighted by atomic mass is 16.1. The van der Waals surface area contributed by atoms with E-state index in [0.717, 1.165) is 30.3 Å². The zero-order valence-electron chi connectivity index (χ0n) is 12.3. The molecule has 0 radical (unpaired) electrons. The molecule has 3 saturated carbocycles. The maximum atomic E-state index is 12.3. The van der Waals surface area contributed by atoms with Crippen LogP contribution in [-0.2, 0) is 4.79 Å². The second-order valence-corrected chi connectivity index (χ2v) is 7.27. The molecule has 1 nitrogen and oxygen atoms in total. The number of allylic oxidation sites excluding steroid dienone is 2. The Bertz CT molecular complexity index is 433. The highest BCUT2D eigenvalue weighted by Gasteiger charge is 2.50. The molecule has 0 heterocycles. The predicted molar refractivity (Wildman–Crippen MR) is 78.7 cm³/mol. The number of hydrogen-bond donors (Lipinski definition) is 0. The first-order chi connectivity index (χ1) is 9.00. The van der Waals surface area contributed by atoms with Gasteiger partial charge in [0.1, 0.15) is 0 Å². The number of ketones is 1. The Morgan fingerprint density at radius 1 is 1.11 bits per heavy atom. The molecule has 0 aliphatic heterocycles. The van der Waals surface area contributed by atoms with E-state index in [2.05, 4.69) is 27.0 Å². The Morgan fingerprint density at radius 2 is 1.84 bits per heavy atom. The molecule has 0 N–H and O–H groups in total. The fourth-order valence-corrected chi connectivity index (χ4v) is 5.25. The van der Waals surface area contributed by atoms with Crippen LogP contribution < -0.4 is 0 Å². The Balaban J connectivity index is 1.96. The first-order valence-electron chi connectivity index (χ1n) is 7.91. The standard InChI is InChI=1S/C18H26O/c1-10-6-5-7-15-11(2)8-14-9-12(3)18(19)13(4)17(14)16(10)15/h11-12,14-17H,1,4-9H2,2-3H3/t11-,12+,14-,15+,16-,17-/m0/s1. The zero-order chi connectivity index (χ0) is 13.7. The van der Waals surface area contributed by atoms with Crippen LogP contribution in [0.1, 0.15) is 46.0 Å². The fourth-order valence-electron chi connectivity index (χ4n) is 5.25. The fraction of sp³-hybridized carbons (Fsp3) is 0.722. The molecule has 3 fully saturated rings. The van der Waals surface area contributed by atoms with E-state index in [1.54, 1.807) is 0 Å². The summed E-state index contributed by atoms with van der Waals surface area (Å²) < 4.78 is 0. The number of fused-ring (bicyclic) bond motifs is 3. The average Bonchev–Trinajstić information content (AvgIpc) is 2.37. The van der Waals surface area contributed by atoms with Gasteiger partial charge in [0.15, 0.2) is 5.78 Å². The molecule has 0 amide bonds. The lowest BCUT2D eigenvalue weighted by molar-refractivity contribution is -0.123. The molecule has 0 spiro atoms. The minimum atomic E-state index is 0.189. The van der Waals surface area contributed by atoms with Gasteiger partial charge in [0, 0.05) is 5.92 Å². The van der Waals surface area contributed by atoms with E-state index in [-0.39, 0.29) is 5.92 Å². The van der Waals surface area contributed by atoms with Crippen LogP contribution in [0.5, 0.6) is 0 Å². The van der Waals surface area contributed by atoms with Gasteiger partial charge in [0.05, 0.1) is 0 Å². The van der Waals surface area contributed by atoms with Gasteiger partial charge in [0.25, 0.3) is 0 Å². The van der Waals surface area contributed by atoms with E-state index in [0.29, 0.717) is 23.5 Å².